The Morgan fingerprint density at radius 1 is 0.794 bits per heavy atom. The minimum Gasteiger partial charge on any atom is -0.714 e. The number of benzene rings is 3. The summed E-state index contributed by atoms with van der Waals surface area (Å²) in [6.45, 7) is 0. The summed E-state index contributed by atoms with van der Waals surface area (Å²) in [4.78, 5) is 17.9. The number of para-hydroxylation sites is 2. The molecule has 0 bridgehead atoms. The number of fused-ring (bicyclic) bond motifs is 2. The van der Waals surface area contributed by atoms with Gasteiger partial charge >= 0.3 is 59.1 Å². The number of nitrogens with zero attached hydrogens (tertiary/aromatic N) is 2. The van der Waals surface area contributed by atoms with E-state index >= 15 is 0 Å². The van der Waals surface area contributed by atoms with Crippen LogP contribution in [0.5, 0.6) is 0 Å². The number of aromatic nitrogens is 4. The van der Waals surface area contributed by atoms with Gasteiger partial charge in [-0.3, -0.25) is 21.6 Å². The zero-order chi connectivity index (χ0) is 22.5. The quantitative estimate of drug-likeness (QED) is 0.104. The maximum atomic E-state index is 5.29. The zero-order valence-corrected chi connectivity index (χ0v) is 28.7. The molecule has 0 unspecified atom stereocenters. The van der Waals surface area contributed by atoms with Gasteiger partial charge in [0, 0.05) is 20.2 Å². The first-order chi connectivity index (χ1) is 15.7. The van der Waals surface area contributed by atoms with E-state index in [2.05, 4.69) is 55.4 Å². The maximum absolute atomic E-state index is 5.29. The molecular weight excluding hydrogens is 599 g/mol. The van der Waals surface area contributed by atoms with Crippen molar-refractivity contribution in [2.45, 2.75) is 19.8 Å². The third-order valence-corrected chi connectivity index (χ3v) is 8.95. The average Bonchev–Trinajstić information content (AvgIpc) is 3.50. The first kappa shape index (κ1) is 31.6. The van der Waals surface area contributed by atoms with Gasteiger partial charge in [-0.15, -0.1) is 23.3 Å². The fourth-order valence-corrected chi connectivity index (χ4v) is 7.74. The van der Waals surface area contributed by atoms with Gasteiger partial charge in [-0.05, 0) is 28.5 Å². The van der Waals surface area contributed by atoms with Crippen molar-refractivity contribution in [3.63, 3.8) is 0 Å². The summed E-state index contributed by atoms with van der Waals surface area (Å²) in [7, 11) is 5.15. The largest absolute Gasteiger partial charge is 1.00 e. The predicted molar refractivity (Wildman–Crippen MR) is 154 cm³/mol. The summed E-state index contributed by atoms with van der Waals surface area (Å²) in [5.74, 6) is 0. The molecular formula is C20H14N4Na2S8. The molecule has 4 nitrogen and oxygen atoms in total. The number of hydrogen-bond donors (Lipinski definition) is 4. The van der Waals surface area contributed by atoms with Gasteiger partial charge in [-0.25, -0.2) is 9.97 Å². The molecule has 0 aliphatic carbocycles. The minimum absolute atomic E-state index is 0. The number of rotatable bonds is 5. The second-order valence-electron chi connectivity index (χ2n) is 6.26. The topological polar surface area (TPSA) is 57.4 Å². The molecule has 164 valence electrons. The zero-order valence-electron chi connectivity index (χ0n) is 18.0. The first-order valence-corrected chi connectivity index (χ1v) is 16.2. The molecule has 2 heterocycles. The molecule has 0 saturated carbocycles. The molecule has 0 aliphatic heterocycles. The van der Waals surface area contributed by atoms with E-state index in [9.17, 15) is 0 Å². The van der Waals surface area contributed by atoms with Crippen molar-refractivity contribution in [2.75, 3.05) is 0 Å². The molecule has 0 atom stereocenters. The molecule has 5 rings (SSSR count). The predicted octanol–water partition coefficient (Wildman–Crippen LogP) is 1.78. The van der Waals surface area contributed by atoms with Gasteiger partial charge < -0.3 is 33.3 Å². The number of thiol groups is 2. The van der Waals surface area contributed by atoms with E-state index in [1.165, 1.54) is 43.2 Å². The maximum Gasteiger partial charge on any atom is 1.00 e. The Labute approximate surface area is 278 Å². The first-order valence-electron chi connectivity index (χ1n) is 8.97. The molecule has 14 heteroatoms. The van der Waals surface area contributed by atoms with Crippen LogP contribution in [0.1, 0.15) is 0 Å². The van der Waals surface area contributed by atoms with Crippen molar-refractivity contribution >= 4 is 112 Å². The smallest absolute Gasteiger partial charge is 0.714 e. The Hall–Kier alpha value is 1.40. The van der Waals surface area contributed by atoms with E-state index in [0.717, 1.165) is 53.0 Å². The monoisotopic (exact) mass is 612 g/mol. The van der Waals surface area contributed by atoms with E-state index < -0.39 is 0 Å². The standard InChI is InChI=1S/C13H10N2S8.C7H6N2.2Na/c16-20-10-7(6-4-2-1-3-5-6)8-9(15-13(14-8)23-19)11(21-17)12(10)22-18;1-2-4-7-6(3-1)8-5-9-7;;/h1-5,16-19H,(H,14,15);1-5H,(H,8,9);;/q;;2*+1/p-2. The Balaban J connectivity index is 0.000000312. The van der Waals surface area contributed by atoms with Crippen molar-refractivity contribution in [1.29, 1.82) is 0 Å². The second kappa shape index (κ2) is 15.7. The Morgan fingerprint density at radius 2 is 1.47 bits per heavy atom. The van der Waals surface area contributed by atoms with Crippen molar-refractivity contribution in [1.82, 2.24) is 19.9 Å². The molecule has 0 fully saturated rings. The van der Waals surface area contributed by atoms with Gasteiger partial charge in [0.2, 0.25) is 0 Å². The molecule has 0 amide bonds. The Kier molecular flexibility index (Phi) is 14.6. The van der Waals surface area contributed by atoms with Crippen LogP contribution in [-0.2, 0) is 23.3 Å². The summed E-state index contributed by atoms with van der Waals surface area (Å²) >= 11 is 19.2. The molecule has 3 aromatic carbocycles. The summed E-state index contributed by atoms with van der Waals surface area (Å²) < 4.78 is 0. The van der Waals surface area contributed by atoms with Gasteiger partial charge in [0.25, 0.3) is 0 Å². The minimum atomic E-state index is 0. The van der Waals surface area contributed by atoms with E-state index in [1.807, 2.05) is 42.5 Å². The van der Waals surface area contributed by atoms with Crippen LogP contribution >= 0.6 is 66.5 Å². The number of hydrogen-bond acceptors (Lipinski definition) is 10. The number of nitrogens with one attached hydrogen (secondary N) is 2. The van der Waals surface area contributed by atoms with Gasteiger partial charge in [0.1, 0.15) is 0 Å². The van der Waals surface area contributed by atoms with Crippen LogP contribution in [-0.4, -0.2) is 19.9 Å². The van der Waals surface area contributed by atoms with E-state index in [0.29, 0.717) is 0 Å². The summed E-state index contributed by atoms with van der Waals surface area (Å²) in [5.41, 5.74) is 5.98. The summed E-state index contributed by atoms with van der Waals surface area (Å²) in [5, 5.41) is 0.729. The molecule has 2 aromatic heterocycles. The third-order valence-electron chi connectivity index (χ3n) is 4.52. The van der Waals surface area contributed by atoms with Crippen molar-refractivity contribution in [3.05, 3.63) is 60.9 Å². The van der Waals surface area contributed by atoms with Crippen LogP contribution in [0, 0.1) is 0 Å². The van der Waals surface area contributed by atoms with Gasteiger partial charge in [-0.2, -0.15) is 0 Å². The fraction of sp³-hybridized carbons (Fsp3) is 0. The third kappa shape index (κ3) is 7.07. The second-order valence-corrected chi connectivity index (χ2v) is 10.7. The average molecular weight is 613 g/mol. The fourth-order valence-electron chi connectivity index (χ4n) is 3.17. The van der Waals surface area contributed by atoms with Crippen LogP contribution < -0.4 is 59.1 Å². The molecule has 0 saturated heterocycles. The Morgan fingerprint density at radius 3 is 2.09 bits per heavy atom. The number of aromatic amines is 2. The number of imidazole rings is 2. The van der Waals surface area contributed by atoms with Crippen LogP contribution in [0.15, 0.2) is 80.8 Å². The van der Waals surface area contributed by atoms with Gasteiger partial charge in [0.15, 0.2) is 5.16 Å². The SMILES string of the molecule is [Na+].[Na+].[S-]Sc1c(SS)c(-c2ccccc2)c2nc(SS)[nH]c2c1S[S-].c1ccc2[nH]cnc2c1. The molecule has 2 N–H and O–H groups in total. The molecule has 0 radical (unpaired) electrons. The van der Waals surface area contributed by atoms with E-state index in [4.69, 9.17) is 23.3 Å². The molecule has 34 heavy (non-hydrogen) atoms. The van der Waals surface area contributed by atoms with Crippen molar-refractivity contribution < 1.29 is 59.1 Å². The van der Waals surface area contributed by atoms with E-state index in [-0.39, 0.29) is 59.1 Å². The summed E-state index contributed by atoms with van der Waals surface area (Å²) in [6.07, 6.45) is 1.70. The normalized spacial score (nSPS) is 10.4. The van der Waals surface area contributed by atoms with Gasteiger partial charge in [0.05, 0.1) is 28.4 Å². The number of H-pyrrole nitrogens is 2. The van der Waals surface area contributed by atoms with Crippen molar-refractivity contribution in [3.8, 4) is 11.1 Å². The van der Waals surface area contributed by atoms with Crippen LogP contribution in [0.4, 0.5) is 0 Å². The van der Waals surface area contributed by atoms with E-state index in [1.54, 1.807) is 6.33 Å². The molecule has 0 spiro atoms. The van der Waals surface area contributed by atoms with Crippen molar-refractivity contribution in [2.24, 2.45) is 0 Å². The molecule has 0 aliphatic rings. The molecule has 5 aromatic rings. The Bertz CT molecular complexity index is 1320. The van der Waals surface area contributed by atoms with Crippen LogP contribution in [0.2, 0.25) is 0 Å². The van der Waals surface area contributed by atoms with Crippen LogP contribution in [0.25, 0.3) is 33.2 Å². The van der Waals surface area contributed by atoms with Gasteiger partial charge in [-0.1, -0.05) is 53.3 Å². The summed E-state index contributed by atoms with van der Waals surface area (Å²) in [6, 6.07) is 18.1. The van der Waals surface area contributed by atoms with Crippen LogP contribution in [0.3, 0.4) is 0 Å².